The molecule has 0 bridgehead atoms. The van der Waals surface area contributed by atoms with Gasteiger partial charge in [-0.2, -0.15) is 9.97 Å². The Bertz CT molecular complexity index is 1540. The Hall–Kier alpha value is -3.66. The summed E-state index contributed by atoms with van der Waals surface area (Å²) >= 11 is 5.97. The highest BCUT2D eigenvalue weighted by molar-refractivity contribution is 6.28. The number of furan rings is 1. The number of nitrogens with one attached hydrogen (secondary N) is 1. The van der Waals surface area contributed by atoms with Crippen LogP contribution >= 0.6 is 11.6 Å². The summed E-state index contributed by atoms with van der Waals surface area (Å²) in [6, 6.07) is 9.52. The number of para-hydroxylation sites is 1. The van der Waals surface area contributed by atoms with Gasteiger partial charge in [0.1, 0.15) is 5.58 Å². The van der Waals surface area contributed by atoms with Crippen molar-refractivity contribution in [3.8, 4) is 11.7 Å². The molecule has 1 aromatic carbocycles. The molecule has 5 aromatic rings. The van der Waals surface area contributed by atoms with Crippen LogP contribution in [0.2, 0.25) is 5.28 Å². The lowest BCUT2D eigenvalue weighted by atomic mass is 10.2. The van der Waals surface area contributed by atoms with Crippen molar-refractivity contribution < 1.29 is 8.94 Å². The average Bonchev–Trinajstić information content (AvgIpc) is 3.56. The molecule has 0 aliphatic carbocycles. The Morgan fingerprint density at radius 3 is 2.71 bits per heavy atom. The molecule has 0 unspecified atom stereocenters. The molecular formula is C23H23ClN6O4. The van der Waals surface area contributed by atoms with Gasteiger partial charge >= 0.3 is 5.69 Å². The number of imidazole rings is 1. The quantitative estimate of drug-likeness (QED) is 0.247. The van der Waals surface area contributed by atoms with Crippen molar-refractivity contribution >= 4 is 33.7 Å². The summed E-state index contributed by atoms with van der Waals surface area (Å²) in [6.07, 6.45) is 3.50. The molecule has 34 heavy (non-hydrogen) atoms. The first-order valence-corrected chi connectivity index (χ1v) is 11.6. The van der Waals surface area contributed by atoms with Crippen molar-refractivity contribution in [3.05, 3.63) is 62.3 Å². The minimum absolute atomic E-state index is 0.0897. The lowest BCUT2D eigenvalue weighted by molar-refractivity contribution is 0.410. The highest BCUT2D eigenvalue weighted by atomic mass is 35.5. The van der Waals surface area contributed by atoms with Crippen LogP contribution in [0, 0.1) is 0 Å². The van der Waals surface area contributed by atoms with Crippen LogP contribution in [0.4, 0.5) is 0 Å². The number of nitrogens with zero attached hydrogens (tertiary/aromatic N) is 5. The number of unbranched alkanes of at least 4 members (excludes halogenated alkanes) is 2. The summed E-state index contributed by atoms with van der Waals surface area (Å²) in [4.78, 5) is 37.2. The van der Waals surface area contributed by atoms with Gasteiger partial charge in [0.15, 0.2) is 22.7 Å². The first-order chi connectivity index (χ1) is 16.5. The van der Waals surface area contributed by atoms with Crippen LogP contribution in [0.3, 0.4) is 0 Å². The number of hydrogen-bond donors (Lipinski definition) is 1. The molecular weight excluding hydrogens is 460 g/mol. The predicted molar refractivity (Wildman–Crippen MR) is 127 cm³/mol. The molecule has 0 saturated carbocycles. The maximum Gasteiger partial charge on any atom is 0.332 e. The summed E-state index contributed by atoms with van der Waals surface area (Å²) in [5.74, 6) is 1.38. The summed E-state index contributed by atoms with van der Waals surface area (Å²) in [5, 5.41) is 5.08. The van der Waals surface area contributed by atoms with E-state index in [4.69, 9.17) is 20.5 Å². The zero-order valence-corrected chi connectivity index (χ0v) is 19.3. The first kappa shape index (κ1) is 22.1. The topological polar surface area (TPSA) is 125 Å². The van der Waals surface area contributed by atoms with Gasteiger partial charge in [-0.1, -0.05) is 36.7 Å². The maximum atomic E-state index is 13.0. The normalized spacial score (nSPS) is 11.7. The molecule has 0 aliphatic heterocycles. The van der Waals surface area contributed by atoms with Crippen molar-refractivity contribution in [1.82, 2.24) is 29.2 Å². The second-order valence-electron chi connectivity index (χ2n) is 8.09. The molecule has 0 aliphatic rings. The van der Waals surface area contributed by atoms with E-state index in [1.165, 1.54) is 9.13 Å². The average molecular weight is 483 g/mol. The Morgan fingerprint density at radius 2 is 1.88 bits per heavy atom. The largest absolute Gasteiger partial charge is 0.451 e. The van der Waals surface area contributed by atoms with E-state index in [0.717, 1.165) is 23.8 Å². The van der Waals surface area contributed by atoms with Gasteiger partial charge in [0.25, 0.3) is 11.4 Å². The van der Waals surface area contributed by atoms with Gasteiger partial charge < -0.3 is 13.9 Å². The van der Waals surface area contributed by atoms with E-state index in [1.807, 2.05) is 37.3 Å². The Balaban J connectivity index is 1.28. The van der Waals surface area contributed by atoms with Gasteiger partial charge in [-0.25, -0.2) is 4.79 Å². The summed E-state index contributed by atoms with van der Waals surface area (Å²) in [7, 11) is 0. The van der Waals surface area contributed by atoms with Crippen LogP contribution in [0.15, 0.2) is 48.9 Å². The molecule has 0 saturated heterocycles. The molecule has 176 valence electrons. The van der Waals surface area contributed by atoms with Crippen molar-refractivity contribution in [2.24, 2.45) is 0 Å². The zero-order valence-electron chi connectivity index (χ0n) is 18.6. The summed E-state index contributed by atoms with van der Waals surface area (Å²) in [6.45, 7) is 2.78. The number of H-pyrrole nitrogens is 1. The number of benzene rings is 1. The van der Waals surface area contributed by atoms with E-state index >= 15 is 0 Å². The number of halogens is 1. The molecule has 0 fully saturated rings. The molecule has 4 heterocycles. The lowest BCUT2D eigenvalue weighted by Gasteiger charge is -2.10. The SMILES string of the molecule is CCCCn1c(=O)n(CCCCc2noc(-c3cc4ccccc4o3)n2)c(=O)c2[nH]c(Cl)nc21. The number of hydrogen-bond acceptors (Lipinski definition) is 7. The van der Waals surface area contributed by atoms with E-state index in [1.54, 1.807) is 0 Å². The Labute approximate surface area is 198 Å². The van der Waals surface area contributed by atoms with E-state index in [2.05, 4.69) is 20.1 Å². The van der Waals surface area contributed by atoms with E-state index in [-0.39, 0.29) is 23.0 Å². The molecule has 0 spiro atoms. The highest BCUT2D eigenvalue weighted by Gasteiger charge is 2.17. The molecule has 5 rings (SSSR count). The molecule has 0 atom stereocenters. The number of rotatable bonds is 9. The Morgan fingerprint density at radius 1 is 1.06 bits per heavy atom. The number of aromatic amines is 1. The summed E-state index contributed by atoms with van der Waals surface area (Å²) < 4.78 is 13.9. The fourth-order valence-electron chi connectivity index (χ4n) is 3.95. The first-order valence-electron chi connectivity index (χ1n) is 11.3. The third kappa shape index (κ3) is 4.16. The van der Waals surface area contributed by atoms with Crippen LogP contribution < -0.4 is 11.2 Å². The number of fused-ring (bicyclic) bond motifs is 2. The lowest BCUT2D eigenvalue weighted by Crippen LogP contribution is -2.40. The standard InChI is InChI=1S/C23H23ClN6O4/c1-2-3-11-29-19-18(26-22(24)27-19)21(31)30(23(29)32)12-7-6-10-17-25-20(34-28-17)16-13-14-8-4-5-9-15(14)33-16/h4-5,8-9,13H,2-3,6-7,10-12H2,1H3,(H,26,27). The minimum atomic E-state index is -0.418. The highest BCUT2D eigenvalue weighted by Crippen LogP contribution is 2.26. The van der Waals surface area contributed by atoms with Crippen LogP contribution in [0.1, 0.15) is 38.4 Å². The van der Waals surface area contributed by atoms with Crippen molar-refractivity contribution in [2.75, 3.05) is 0 Å². The molecule has 0 radical (unpaired) electrons. The number of aromatic nitrogens is 6. The van der Waals surface area contributed by atoms with Crippen molar-refractivity contribution in [1.29, 1.82) is 0 Å². The minimum Gasteiger partial charge on any atom is -0.451 e. The monoisotopic (exact) mass is 482 g/mol. The van der Waals surface area contributed by atoms with Crippen LogP contribution in [-0.4, -0.2) is 29.2 Å². The molecule has 11 heteroatoms. The second kappa shape index (κ2) is 9.30. The maximum absolute atomic E-state index is 13.0. The fourth-order valence-corrected chi connectivity index (χ4v) is 4.12. The Kier molecular flexibility index (Phi) is 6.06. The molecule has 0 amide bonds. The van der Waals surface area contributed by atoms with Gasteiger partial charge in [-0.05, 0) is 43.0 Å². The molecule has 1 N–H and O–H groups in total. The van der Waals surface area contributed by atoms with E-state index in [0.29, 0.717) is 48.9 Å². The van der Waals surface area contributed by atoms with Gasteiger partial charge in [-0.3, -0.25) is 13.9 Å². The van der Waals surface area contributed by atoms with Crippen LogP contribution in [-0.2, 0) is 19.5 Å². The fraction of sp³-hybridized carbons (Fsp3) is 0.348. The van der Waals surface area contributed by atoms with E-state index in [9.17, 15) is 9.59 Å². The zero-order chi connectivity index (χ0) is 23.7. The third-order valence-electron chi connectivity index (χ3n) is 5.70. The summed E-state index contributed by atoms with van der Waals surface area (Å²) in [5.41, 5.74) is 0.506. The van der Waals surface area contributed by atoms with Gasteiger partial charge in [-0.15, -0.1) is 0 Å². The second-order valence-corrected chi connectivity index (χ2v) is 8.45. The van der Waals surface area contributed by atoms with Crippen molar-refractivity contribution in [3.63, 3.8) is 0 Å². The molecule has 4 aromatic heterocycles. The van der Waals surface area contributed by atoms with Crippen LogP contribution in [0.5, 0.6) is 0 Å². The predicted octanol–water partition coefficient (Wildman–Crippen LogP) is 4.16. The van der Waals surface area contributed by atoms with Gasteiger partial charge in [0.05, 0.1) is 0 Å². The number of aryl methyl sites for hydroxylation is 2. The van der Waals surface area contributed by atoms with Gasteiger partial charge in [0.2, 0.25) is 5.28 Å². The van der Waals surface area contributed by atoms with Gasteiger partial charge in [0, 0.05) is 24.9 Å². The molecule has 10 nitrogen and oxygen atoms in total. The smallest absolute Gasteiger partial charge is 0.332 e. The van der Waals surface area contributed by atoms with Crippen LogP contribution in [0.25, 0.3) is 33.8 Å². The third-order valence-corrected chi connectivity index (χ3v) is 5.88. The van der Waals surface area contributed by atoms with E-state index < -0.39 is 5.56 Å². The van der Waals surface area contributed by atoms with Crippen molar-refractivity contribution in [2.45, 2.75) is 52.1 Å².